The van der Waals surface area contributed by atoms with Gasteiger partial charge in [0, 0.05) is 6.20 Å². The van der Waals surface area contributed by atoms with Crippen molar-refractivity contribution in [3.05, 3.63) is 37.2 Å². The van der Waals surface area contributed by atoms with E-state index in [1.165, 1.54) is 0 Å². The molecule has 0 aliphatic rings. The molecule has 0 fully saturated rings. The van der Waals surface area contributed by atoms with E-state index in [9.17, 15) is 5.11 Å². The second kappa shape index (κ2) is 5.32. The summed E-state index contributed by atoms with van der Waals surface area (Å²) in [5, 5.41) is 9.29. The van der Waals surface area contributed by atoms with Gasteiger partial charge in [0.05, 0.1) is 12.3 Å². The highest BCUT2D eigenvalue weighted by Gasteiger charge is 2.01. The molecule has 0 aliphatic carbocycles. The number of aromatic nitrogens is 1. The summed E-state index contributed by atoms with van der Waals surface area (Å²) in [6.07, 6.45) is 5.00. The van der Waals surface area contributed by atoms with E-state index in [0.717, 1.165) is 0 Å². The number of hydrogen-bond acceptors (Lipinski definition) is 3. The maximum atomic E-state index is 9.29. The van der Waals surface area contributed by atoms with Gasteiger partial charge in [-0.1, -0.05) is 6.08 Å². The summed E-state index contributed by atoms with van der Waals surface area (Å²) in [4.78, 5) is 3.88. The molecule has 13 heavy (non-hydrogen) atoms. The van der Waals surface area contributed by atoms with E-state index in [1.54, 1.807) is 30.6 Å². The fourth-order valence-electron chi connectivity index (χ4n) is 0.885. The Morgan fingerprint density at radius 1 is 1.69 bits per heavy atom. The molecule has 0 aliphatic heterocycles. The van der Waals surface area contributed by atoms with E-state index in [4.69, 9.17) is 4.74 Å². The first-order valence-corrected chi connectivity index (χ1v) is 4.14. The van der Waals surface area contributed by atoms with Crippen molar-refractivity contribution in [2.75, 3.05) is 6.61 Å². The first-order valence-electron chi connectivity index (χ1n) is 4.14. The van der Waals surface area contributed by atoms with Crippen LogP contribution in [-0.4, -0.2) is 22.8 Å². The highest BCUT2D eigenvalue weighted by Crippen LogP contribution is 2.07. The molecular weight excluding hydrogens is 166 g/mol. The molecule has 3 heteroatoms. The van der Waals surface area contributed by atoms with Gasteiger partial charge in [-0.2, -0.15) is 0 Å². The van der Waals surface area contributed by atoms with Gasteiger partial charge in [-0.3, -0.25) is 4.98 Å². The van der Waals surface area contributed by atoms with Crippen LogP contribution in [0.5, 0.6) is 5.75 Å². The first kappa shape index (κ1) is 9.74. The maximum absolute atomic E-state index is 9.29. The van der Waals surface area contributed by atoms with Crippen molar-refractivity contribution in [2.24, 2.45) is 0 Å². The Kier molecular flexibility index (Phi) is 3.99. The van der Waals surface area contributed by atoms with Crippen molar-refractivity contribution in [3.8, 4) is 5.75 Å². The molecule has 0 bridgehead atoms. The normalized spacial score (nSPS) is 12.1. The topological polar surface area (TPSA) is 42.4 Å². The average Bonchev–Trinajstić information content (AvgIpc) is 2.17. The number of hydrogen-bond donors (Lipinski definition) is 1. The van der Waals surface area contributed by atoms with E-state index >= 15 is 0 Å². The molecule has 0 aromatic carbocycles. The third-order valence-corrected chi connectivity index (χ3v) is 1.52. The average molecular weight is 179 g/mol. The Labute approximate surface area is 77.7 Å². The lowest BCUT2D eigenvalue weighted by Crippen LogP contribution is -2.16. The quantitative estimate of drug-likeness (QED) is 0.695. The van der Waals surface area contributed by atoms with Crippen molar-refractivity contribution in [2.45, 2.75) is 12.5 Å². The zero-order chi connectivity index (χ0) is 9.52. The smallest absolute Gasteiger partial charge is 0.137 e. The van der Waals surface area contributed by atoms with E-state index in [0.29, 0.717) is 12.2 Å². The number of nitrogens with zero attached hydrogens (tertiary/aromatic N) is 1. The zero-order valence-corrected chi connectivity index (χ0v) is 7.39. The monoisotopic (exact) mass is 179 g/mol. The van der Waals surface area contributed by atoms with Gasteiger partial charge in [-0.25, -0.2) is 0 Å². The number of rotatable bonds is 5. The zero-order valence-electron chi connectivity index (χ0n) is 7.39. The highest BCUT2D eigenvalue weighted by atomic mass is 16.5. The fourth-order valence-corrected chi connectivity index (χ4v) is 0.885. The van der Waals surface area contributed by atoms with Crippen LogP contribution in [0.2, 0.25) is 0 Å². The van der Waals surface area contributed by atoms with Gasteiger partial charge in [0.25, 0.3) is 0 Å². The number of pyridine rings is 1. The van der Waals surface area contributed by atoms with Crippen LogP contribution in [0.3, 0.4) is 0 Å². The minimum Gasteiger partial charge on any atom is -0.489 e. The summed E-state index contributed by atoms with van der Waals surface area (Å²) in [6, 6.07) is 3.59. The molecule has 0 radical (unpaired) electrons. The third kappa shape index (κ3) is 3.71. The molecule has 1 rings (SSSR count). The molecule has 3 nitrogen and oxygen atoms in total. The SMILES string of the molecule is C=CCC(O)COc1cccnc1. The van der Waals surface area contributed by atoms with Gasteiger partial charge >= 0.3 is 0 Å². The van der Waals surface area contributed by atoms with Gasteiger partial charge < -0.3 is 9.84 Å². The lowest BCUT2D eigenvalue weighted by Gasteiger charge is -2.09. The standard InChI is InChI=1S/C10H13NO2/c1-2-4-9(12)8-13-10-5-3-6-11-7-10/h2-3,5-7,9,12H,1,4,8H2. The highest BCUT2D eigenvalue weighted by molar-refractivity contribution is 5.15. The van der Waals surface area contributed by atoms with Crippen molar-refractivity contribution in [1.29, 1.82) is 0 Å². The van der Waals surface area contributed by atoms with Crippen molar-refractivity contribution >= 4 is 0 Å². The summed E-state index contributed by atoms with van der Waals surface area (Å²) in [5.74, 6) is 0.672. The Hall–Kier alpha value is -1.35. The molecule has 1 aromatic heterocycles. The maximum Gasteiger partial charge on any atom is 0.137 e. The Morgan fingerprint density at radius 2 is 2.54 bits per heavy atom. The van der Waals surface area contributed by atoms with Crippen molar-refractivity contribution < 1.29 is 9.84 Å². The third-order valence-electron chi connectivity index (χ3n) is 1.52. The Bertz CT molecular complexity index is 248. The van der Waals surface area contributed by atoms with Crippen molar-refractivity contribution in [3.63, 3.8) is 0 Å². The fraction of sp³-hybridized carbons (Fsp3) is 0.300. The van der Waals surface area contributed by atoms with Gasteiger partial charge in [-0.15, -0.1) is 6.58 Å². The Morgan fingerprint density at radius 3 is 3.15 bits per heavy atom. The largest absolute Gasteiger partial charge is 0.489 e. The summed E-state index contributed by atoms with van der Waals surface area (Å²) in [6.45, 7) is 3.80. The van der Waals surface area contributed by atoms with Crippen LogP contribution in [-0.2, 0) is 0 Å². The molecular formula is C10H13NO2. The lowest BCUT2D eigenvalue weighted by atomic mass is 10.3. The molecule has 0 saturated heterocycles. The molecule has 0 amide bonds. The first-order chi connectivity index (χ1) is 6.33. The molecule has 0 spiro atoms. The van der Waals surface area contributed by atoms with Crippen LogP contribution >= 0.6 is 0 Å². The molecule has 70 valence electrons. The van der Waals surface area contributed by atoms with Gasteiger partial charge in [-0.05, 0) is 18.6 Å². The second-order valence-electron chi connectivity index (χ2n) is 2.68. The lowest BCUT2D eigenvalue weighted by molar-refractivity contribution is 0.110. The molecule has 0 saturated carbocycles. The summed E-state index contributed by atoms with van der Waals surface area (Å²) < 4.78 is 5.26. The van der Waals surface area contributed by atoms with E-state index in [2.05, 4.69) is 11.6 Å². The summed E-state index contributed by atoms with van der Waals surface area (Å²) in [5.41, 5.74) is 0. The van der Waals surface area contributed by atoms with Crippen LogP contribution in [0.15, 0.2) is 37.2 Å². The van der Waals surface area contributed by atoms with Crippen LogP contribution in [0.25, 0.3) is 0 Å². The van der Waals surface area contributed by atoms with Gasteiger partial charge in [0.2, 0.25) is 0 Å². The van der Waals surface area contributed by atoms with Crippen LogP contribution < -0.4 is 4.74 Å². The number of aliphatic hydroxyl groups is 1. The minimum atomic E-state index is -0.488. The van der Waals surface area contributed by atoms with E-state index in [-0.39, 0.29) is 6.61 Å². The van der Waals surface area contributed by atoms with Crippen molar-refractivity contribution in [1.82, 2.24) is 4.98 Å². The second-order valence-corrected chi connectivity index (χ2v) is 2.68. The summed E-state index contributed by atoms with van der Waals surface area (Å²) in [7, 11) is 0. The molecule has 1 heterocycles. The molecule has 1 N–H and O–H groups in total. The van der Waals surface area contributed by atoms with E-state index in [1.807, 2.05) is 0 Å². The van der Waals surface area contributed by atoms with E-state index < -0.39 is 6.10 Å². The Balaban J connectivity index is 2.30. The van der Waals surface area contributed by atoms with Gasteiger partial charge in [0.1, 0.15) is 12.4 Å². The molecule has 1 atom stereocenters. The van der Waals surface area contributed by atoms with Crippen LogP contribution in [0, 0.1) is 0 Å². The number of aliphatic hydroxyl groups excluding tert-OH is 1. The summed E-state index contributed by atoms with van der Waals surface area (Å²) >= 11 is 0. The van der Waals surface area contributed by atoms with Gasteiger partial charge in [0.15, 0.2) is 0 Å². The molecule has 1 aromatic rings. The van der Waals surface area contributed by atoms with Crippen LogP contribution in [0.4, 0.5) is 0 Å². The van der Waals surface area contributed by atoms with Crippen LogP contribution in [0.1, 0.15) is 6.42 Å². The number of ether oxygens (including phenoxy) is 1. The minimum absolute atomic E-state index is 0.276. The predicted octanol–water partition coefficient (Wildman–Crippen LogP) is 1.40. The predicted molar refractivity (Wildman–Crippen MR) is 50.6 cm³/mol. The molecule has 1 unspecified atom stereocenters.